The number of hydrogen-bond acceptors (Lipinski definition) is 6. The van der Waals surface area contributed by atoms with E-state index in [0.29, 0.717) is 18.8 Å². The highest BCUT2D eigenvalue weighted by molar-refractivity contribution is 6.05. The average molecular weight is 380 g/mol. The molecule has 1 atom stereocenters. The van der Waals surface area contributed by atoms with Crippen molar-refractivity contribution in [3.05, 3.63) is 29.2 Å². The number of carbonyl (C=O) groups is 1. The zero-order valence-electron chi connectivity index (χ0n) is 14.4. The number of aromatic amines is 1. The minimum atomic E-state index is -4.62. The summed E-state index contributed by atoms with van der Waals surface area (Å²) < 4.78 is 40.6. The number of nitrogens with one attached hydrogen (secondary N) is 4. The first-order valence-electron chi connectivity index (χ1n) is 8.79. The fourth-order valence-electron chi connectivity index (χ4n) is 3.52. The van der Waals surface area contributed by atoms with Crippen LogP contribution in [0.25, 0.3) is 11.3 Å². The van der Waals surface area contributed by atoms with Crippen molar-refractivity contribution in [2.75, 3.05) is 25.0 Å². The molecule has 0 saturated carbocycles. The Morgan fingerprint density at radius 2 is 2.07 bits per heavy atom. The molecule has 0 radical (unpaired) electrons. The first-order chi connectivity index (χ1) is 12.9. The van der Waals surface area contributed by atoms with Crippen molar-refractivity contribution in [2.45, 2.75) is 31.6 Å². The third kappa shape index (κ3) is 3.54. The van der Waals surface area contributed by atoms with E-state index in [-0.39, 0.29) is 41.1 Å². The van der Waals surface area contributed by atoms with Gasteiger partial charge < -0.3 is 20.9 Å². The van der Waals surface area contributed by atoms with Gasteiger partial charge in [-0.2, -0.15) is 13.2 Å². The number of anilines is 1. The molecule has 4 heterocycles. The molecule has 0 aromatic carbocycles. The van der Waals surface area contributed by atoms with Crippen molar-refractivity contribution in [3.63, 3.8) is 0 Å². The highest BCUT2D eigenvalue weighted by atomic mass is 19.4. The number of fused-ring (bicyclic) bond motifs is 1. The highest BCUT2D eigenvalue weighted by Crippen LogP contribution is 2.38. The molecule has 7 nitrogen and oxygen atoms in total. The summed E-state index contributed by atoms with van der Waals surface area (Å²) >= 11 is 0. The molecule has 0 aliphatic carbocycles. The van der Waals surface area contributed by atoms with Gasteiger partial charge >= 0.3 is 6.18 Å². The third-order valence-electron chi connectivity index (χ3n) is 4.81. The Bertz CT molecular complexity index is 857. The van der Waals surface area contributed by atoms with E-state index in [0.717, 1.165) is 25.6 Å². The van der Waals surface area contributed by atoms with Crippen molar-refractivity contribution in [1.82, 2.24) is 25.6 Å². The normalized spacial score (nSPS) is 20.4. The second-order valence-electron chi connectivity index (χ2n) is 6.72. The fraction of sp³-hybridized carbons (Fsp3) is 0.471. The van der Waals surface area contributed by atoms with Gasteiger partial charge in [-0.15, -0.1) is 0 Å². The molecule has 0 bridgehead atoms. The van der Waals surface area contributed by atoms with E-state index >= 15 is 0 Å². The van der Waals surface area contributed by atoms with Crippen molar-refractivity contribution in [3.8, 4) is 11.3 Å². The van der Waals surface area contributed by atoms with E-state index in [4.69, 9.17) is 0 Å². The number of nitrogens with zero attached hydrogens (tertiary/aromatic N) is 2. The summed E-state index contributed by atoms with van der Waals surface area (Å²) in [4.78, 5) is 23.2. The molecule has 0 spiro atoms. The minimum Gasteiger partial charge on any atom is -0.363 e. The number of carbonyl (C=O) groups excluding carboxylic acids is 1. The summed E-state index contributed by atoms with van der Waals surface area (Å²) in [5.74, 6) is -0.131. The molecule has 1 fully saturated rings. The number of hydrogen-bond donors (Lipinski definition) is 4. The number of piperidine rings is 1. The van der Waals surface area contributed by atoms with E-state index in [1.807, 2.05) is 0 Å². The van der Waals surface area contributed by atoms with Crippen LogP contribution in [0.4, 0.5) is 19.1 Å². The molecule has 2 aromatic heterocycles. The Balaban J connectivity index is 1.76. The van der Waals surface area contributed by atoms with Gasteiger partial charge in [0.15, 0.2) is 5.78 Å². The van der Waals surface area contributed by atoms with E-state index < -0.39 is 11.7 Å². The van der Waals surface area contributed by atoms with E-state index in [1.165, 1.54) is 6.20 Å². The van der Waals surface area contributed by atoms with Crippen LogP contribution in [0.1, 0.15) is 34.5 Å². The van der Waals surface area contributed by atoms with Gasteiger partial charge in [0.05, 0.1) is 17.8 Å². The molecule has 144 valence electrons. The summed E-state index contributed by atoms with van der Waals surface area (Å²) in [6.45, 7) is 2.10. The van der Waals surface area contributed by atoms with Gasteiger partial charge in [-0.1, -0.05) is 0 Å². The Kier molecular flexibility index (Phi) is 4.60. The van der Waals surface area contributed by atoms with Gasteiger partial charge in [0.1, 0.15) is 5.56 Å². The molecule has 0 unspecified atom stereocenters. The highest BCUT2D eigenvalue weighted by Gasteiger charge is 2.37. The smallest absolute Gasteiger partial charge is 0.363 e. The molecular formula is C17H19F3N6O. The average Bonchev–Trinajstić information content (AvgIpc) is 3.07. The van der Waals surface area contributed by atoms with Crippen molar-refractivity contribution in [1.29, 1.82) is 0 Å². The van der Waals surface area contributed by atoms with Gasteiger partial charge in [0, 0.05) is 42.8 Å². The van der Waals surface area contributed by atoms with E-state index in [1.54, 1.807) is 0 Å². The van der Waals surface area contributed by atoms with Crippen LogP contribution >= 0.6 is 0 Å². The monoisotopic (exact) mass is 380 g/mol. The van der Waals surface area contributed by atoms with Crippen molar-refractivity contribution < 1.29 is 18.0 Å². The van der Waals surface area contributed by atoms with Gasteiger partial charge in [-0.25, -0.2) is 9.97 Å². The summed E-state index contributed by atoms with van der Waals surface area (Å²) in [7, 11) is 0. The maximum Gasteiger partial charge on any atom is 0.419 e. The largest absolute Gasteiger partial charge is 0.419 e. The van der Waals surface area contributed by atoms with Gasteiger partial charge in [0.2, 0.25) is 5.95 Å². The summed E-state index contributed by atoms with van der Waals surface area (Å²) in [5.41, 5.74) is -0.238. The minimum absolute atomic E-state index is 0.0503. The zero-order valence-corrected chi connectivity index (χ0v) is 14.4. The van der Waals surface area contributed by atoms with Gasteiger partial charge in [0.25, 0.3) is 0 Å². The molecule has 27 heavy (non-hydrogen) atoms. The predicted octanol–water partition coefficient (Wildman–Crippen LogP) is 1.94. The third-order valence-corrected chi connectivity index (χ3v) is 4.81. The first kappa shape index (κ1) is 17.9. The SMILES string of the molecule is O=C1CNCc2[nH]cc(-c3nc(N[C@H]4CCCNC4)ncc3C(F)(F)F)c21. The summed E-state index contributed by atoms with van der Waals surface area (Å²) in [5, 5.41) is 9.23. The Morgan fingerprint density at radius 1 is 1.22 bits per heavy atom. The number of H-pyrrole nitrogens is 1. The van der Waals surface area contributed by atoms with Crippen LogP contribution in [-0.4, -0.2) is 46.4 Å². The lowest BCUT2D eigenvalue weighted by atomic mass is 9.98. The lowest BCUT2D eigenvalue weighted by molar-refractivity contribution is -0.137. The predicted molar refractivity (Wildman–Crippen MR) is 92.4 cm³/mol. The number of ketones is 1. The molecule has 0 amide bonds. The summed E-state index contributed by atoms with van der Waals surface area (Å²) in [6, 6.07) is 0.0503. The van der Waals surface area contributed by atoms with Crippen LogP contribution in [0.3, 0.4) is 0 Å². The van der Waals surface area contributed by atoms with Crippen LogP contribution in [0.2, 0.25) is 0 Å². The van der Waals surface area contributed by atoms with Crippen molar-refractivity contribution >= 4 is 11.7 Å². The Morgan fingerprint density at radius 3 is 2.81 bits per heavy atom. The first-order valence-corrected chi connectivity index (χ1v) is 8.79. The Hall–Kier alpha value is -2.46. The second-order valence-corrected chi connectivity index (χ2v) is 6.72. The lowest BCUT2D eigenvalue weighted by Gasteiger charge is -2.24. The Labute approximate surface area is 153 Å². The number of halogens is 3. The fourth-order valence-corrected chi connectivity index (χ4v) is 3.52. The molecule has 2 aromatic rings. The molecule has 4 N–H and O–H groups in total. The van der Waals surface area contributed by atoms with Crippen LogP contribution in [0, 0.1) is 0 Å². The number of aromatic nitrogens is 3. The molecule has 2 aliphatic heterocycles. The lowest BCUT2D eigenvalue weighted by Crippen LogP contribution is -2.38. The maximum absolute atomic E-state index is 13.5. The molecule has 4 rings (SSSR count). The maximum atomic E-state index is 13.5. The number of alkyl halides is 3. The molecular weight excluding hydrogens is 361 g/mol. The van der Waals surface area contributed by atoms with Gasteiger partial charge in [-0.3, -0.25) is 4.79 Å². The molecule has 2 aliphatic rings. The number of Topliss-reactive ketones (excluding diaryl/α,β-unsaturated/α-hetero) is 1. The second kappa shape index (κ2) is 6.93. The topological polar surface area (TPSA) is 94.7 Å². The quantitative estimate of drug-likeness (QED) is 0.650. The van der Waals surface area contributed by atoms with Crippen molar-refractivity contribution in [2.24, 2.45) is 0 Å². The molecule has 10 heteroatoms. The van der Waals surface area contributed by atoms with E-state index in [9.17, 15) is 18.0 Å². The molecule has 1 saturated heterocycles. The van der Waals surface area contributed by atoms with Crippen LogP contribution in [0.15, 0.2) is 12.4 Å². The van der Waals surface area contributed by atoms with E-state index in [2.05, 4.69) is 30.9 Å². The zero-order chi connectivity index (χ0) is 19.0. The standard InChI is InChI=1S/C17H19F3N6O/c18-17(19,20)11-6-24-16(25-9-2-1-3-21-4-9)26-15(11)10-5-23-12-7-22-8-13(27)14(10)12/h5-6,9,21-23H,1-4,7-8H2,(H,24,25,26)/t9-/m0/s1. The van der Waals surface area contributed by atoms with Crippen LogP contribution in [0.5, 0.6) is 0 Å². The summed E-state index contributed by atoms with van der Waals surface area (Å²) in [6.07, 6.45) is -0.570. The number of rotatable bonds is 3. The van der Waals surface area contributed by atoms with Crippen LogP contribution in [-0.2, 0) is 12.7 Å². The van der Waals surface area contributed by atoms with Gasteiger partial charge in [-0.05, 0) is 19.4 Å². The van der Waals surface area contributed by atoms with Crippen LogP contribution < -0.4 is 16.0 Å².